The Bertz CT molecular complexity index is 313. The summed E-state index contributed by atoms with van der Waals surface area (Å²) in [6.45, 7) is 4.52. The fourth-order valence-corrected chi connectivity index (χ4v) is 4.04. The molecule has 0 N–H and O–H groups in total. The Hall–Kier alpha value is -0.350. The highest BCUT2D eigenvalue weighted by atomic mass is 31.1. The second-order valence-electron chi connectivity index (χ2n) is 4.01. The van der Waals surface area contributed by atoms with Gasteiger partial charge in [-0.1, -0.05) is 40.0 Å². The van der Waals surface area contributed by atoms with Gasteiger partial charge in [0.15, 0.2) is 0 Å². The molecule has 0 saturated carbocycles. The van der Waals surface area contributed by atoms with E-state index in [0.29, 0.717) is 0 Å². The van der Waals surface area contributed by atoms with Crippen LogP contribution in [-0.2, 0) is 12.8 Å². The molecule has 1 aromatic rings. The highest BCUT2D eigenvalue weighted by molar-refractivity contribution is 7.67. The van der Waals surface area contributed by atoms with Crippen molar-refractivity contribution in [1.82, 2.24) is 0 Å². The van der Waals surface area contributed by atoms with Crippen molar-refractivity contribution in [3.05, 3.63) is 29.3 Å². The molecule has 0 spiro atoms. The lowest BCUT2D eigenvalue weighted by Gasteiger charge is -2.28. The van der Waals surface area contributed by atoms with E-state index in [9.17, 15) is 0 Å². The van der Waals surface area contributed by atoms with E-state index in [1.54, 1.807) is 10.9 Å². The van der Waals surface area contributed by atoms with Crippen molar-refractivity contribution in [2.75, 3.05) is 12.3 Å². The van der Waals surface area contributed by atoms with Gasteiger partial charge in [-0.2, -0.15) is 0 Å². The molecular weight excluding hydrogens is 187 g/mol. The van der Waals surface area contributed by atoms with E-state index in [1.807, 2.05) is 0 Å². The van der Waals surface area contributed by atoms with Crippen LogP contribution in [0.3, 0.4) is 0 Å². The summed E-state index contributed by atoms with van der Waals surface area (Å²) in [5.74, 6) is 0. The summed E-state index contributed by atoms with van der Waals surface area (Å²) >= 11 is 0. The second kappa shape index (κ2) is 4.45. The Morgan fingerprint density at radius 2 is 1.93 bits per heavy atom. The van der Waals surface area contributed by atoms with Crippen LogP contribution < -0.4 is 5.30 Å². The van der Waals surface area contributed by atoms with Crippen LogP contribution in [0.4, 0.5) is 0 Å². The Balaban J connectivity index is 2.29. The summed E-state index contributed by atoms with van der Waals surface area (Å²) in [5.41, 5.74) is 3.12. The molecule has 0 radical (unpaired) electrons. The van der Waals surface area contributed by atoms with E-state index < -0.39 is 0 Å². The first-order valence-electron chi connectivity index (χ1n) is 5.72. The summed E-state index contributed by atoms with van der Waals surface area (Å²) in [6.07, 6.45) is 6.80. The molecule has 1 aliphatic rings. The molecular formula is C13H19P. The molecule has 0 aromatic heterocycles. The van der Waals surface area contributed by atoms with Crippen LogP contribution in [-0.4, -0.2) is 12.3 Å². The molecule has 1 saturated heterocycles. The first kappa shape index (κ1) is 10.2. The van der Waals surface area contributed by atoms with Gasteiger partial charge in [0.1, 0.15) is 0 Å². The Morgan fingerprint density at radius 3 is 2.43 bits per heavy atom. The average molecular weight is 206 g/mol. The van der Waals surface area contributed by atoms with Crippen LogP contribution >= 0.6 is 7.92 Å². The number of hydrogen-bond donors (Lipinski definition) is 0. The van der Waals surface area contributed by atoms with Crippen LogP contribution in [0.2, 0.25) is 0 Å². The van der Waals surface area contributed by atoms with Crippen LogP contribution in [0, 0.1) is 0 Å². The molecule has 1 heteroatoms. The molecule has 0 amide bonds. The summed E-state index contributed by atoms with van der Waals surface area (Å²) < 4.78 is 0. The lowest BCUT2D eigenvalue weighted by molar-refractivity contribution is 1.02. The quantitative estimate of drug-likeness (QED) is 0.665. The molecule has 14 heavy (non-hydrogen) atoms. The van der Waals surface area contributed by atoms with E-state index in [0.717, 1.165) is 0 Å². The number of aryl methyl sites for hydroxylation is 2. The van der Waals surface area contributed by atoms with E-state index in [-0.39, 0.29) is 7.92 Å². The molecule has 76 valence electrons. The molecule has 0 bridgehead atoms. The number of rotatable bonds is 3. The van der Waals surface area contributed by atoms with Gasteiger partial charge >= 0.3 is 0 Å². The fourth-order valence-electron chi connectivity index (χ4n) is 2.01. The van der Waals surface area contributed by atoms with Crippen molar-refractivity contribution in [1.29, 1.82) is 0 Å². The van der Waals surface area contributed by atoms with E-state index in [2.05, 4.69) is 32.0 Å². The van der Waals surface area contributed by atoms with E-state index in [4.69, 9.17) is 0 Å². The maximum absolute atomic E-state index is 2.43. The first-order valence-corrected chi connectivity index (χ1v) is 7.43. The molecule has 1 aliphatic heterocycles. The molecule has 1 heterocycles. The smallest absolute Gasteiger partial charge is 0.0208 e. The number of hydrogen-bond acceptors (Lipinski definition) is 0. The van der Waals surface area contributed by atoms with Gasteiger partial charge in [0, 0.05) is 0 Å². The minimum atomic E-state index is 0.263. The molecule has 0 unspecified atom stereocenters. The van der Waals surface area contributed by atoms with Crippen LogP contribution in [0.25, 0.3) is 0 Å². The van der Waals surface area contributed by atoms with Crippen molar-refractivity contribution in [2.24, 2.45) is 0 Å². The van der Waals surface area contributed by atoms with Gasteiger partial charge in [0.05, 0.1) is 0 Å². The van der Waals surface area contributed by atoms with Crippen molar-refractivity contribution in [2.45, 2.75) is 33.1 Å². The zero-order chi connectivity index (χ0) is 9.97. The second-order valence-corrected chi connectivity index (χ2v) is 6.47. The first-order chi connectivity index (χ1) is 6.85. The van der Waals surface area contributed by atoms with Crippen molar-refractivity contribution >= 4 is 13.2 Å². The van der Waals surface area contributed by atoms with E-state index in [1.165, 1.54) is 37.1 Å². The van der Waals surface area contributed by atoms with Gasteiger partial charge in [0.25, 0.3) is 0 Å². The summed E-state index contributed by atoms with van der Waals surface area (Å²) in [6, 6.07) is 7.16. The Morgan fingerprint density at radius 1 is 1.14 bits per heavy atom. The zero-order valence-corrected chi connectivity index (χ0v) is 10.1. The maximum atomic E-state index is 2.43. The lowest BCUT2D eigenvalue weighted by atomic mass is 10.1. The summed E-state index contributed by atoms with van der Waals surface area (Å²) in [4.78, 5) is 0. The van der Waals surface area contributed by atoms with E-state index >= 15 is 0 Å². The van der Waals surface area contributed by atoms with Gasteiger partial charge in [-0.25, -0.2) is 0 Å². The highest BCUT2D eigenvalue weighted by Gasteiger charge is 2.20. The topological polar surface area (TPSA) is 0 Å². The number of benzene rings is 1. The standard InChI is InChI=1S/C13H19P/c1-3-11-6-7-13(12(4-2)10-11)14-8-5-9-14/h6-7,10H,3-5,8-9H2,1-2H3. The Kier molecular flexibility index (Phi) is 3.23. The van der Waals surface area contributed by atoms with Gasteiger partial charge in [-0.15, -0.1) is 0 Å². The molecule has 0 aliphatic carbocycles. The van der Waals surface area contributed by atoms with Crippen molar-refractivity contribution in [3.8, 4) is 0 Å². The molecule has 2 rings (SSSR count). The van der Waals surface area contributed by atoms with Crippen molar-refractivity contribution < 1.29 is 0 Å². The monoisotopic (exact) mass is 206 g/mol. The van der Waals surface area contributed by atoms with Crippen LogP contribution in [0.5, 0.6) is 0 Å². The fraction of sp³-hybridized carbons (Fsp3) is 0.538. The zero-order valence-electron chi connectivity index (χ0n) is 9.21. The largest absolute Gasteiger partial charge is 0.0750 e. The molecule has 0 atom stereocenters. The third-order valence-electron chi connectivity index (χ3n) is 3.13. The lowest BCUT2D eigenvalue weighted by Crippen LogP contribution is -2.18. The average Bonchev–Trinajstić information content (AvgIpc) is 2.16. The van der Waals surface area contributed by atoms with Gasteiger partial charge in [0.2, 0.25) is 0 Å². The van der Waals surface area contributed by atoms with Crippen LogP contribution in [0.15, 0.2) is 18.2 Å². The predicted molar refractivity (Wildman–Crippen MR) is 66.1 cm³/mol. The molecule has 0 nitrogen and oxygen atoms in total. The van der Waals surface area contributed by atoms with Crippen molar-refractivity contribution in [3.63, 3.8) is 0 Å². The van der Waals surface area contributed by atoms with Gasteiger partial charge in [-0.3, -0.25) is 0 Å². The third-order valence-corrected chi connectivity index (χ3v) is 5.96. The molecule has 1 fully saturated rings. The maximum Gasteiger partial charge on any atom is -0.0208 e. The highest BCUT2D eigenvalue weighted by Crippen LogP contribution is 2.45. The Labute approximate surface area is 88.5 Å². The SMILES string of the molecule is CCc1ccc(P2CCC2)c(CC)c1. The van der Waals surface area contributed by atoms with Gasteiger partial charge < -0.3 is 0 Å². The van der Waals surface area contributed by atoms with Gasteiger partial charge in [-0.05, 0) is 48.0 Å². The minimum Gasteiger partial charge on any atom is -0.0750 e. The minimum absolute atomic E-state index is 0.263. The summed E-state index contributed by atoms with van der Waals surface area (Å²) in [7, 11) is 0.263. The summed E-state index contributed by atoms with van der Waals surface area (Å²) in [5, 5.41) is 1.70. The normalized spacial score (nSPS) is 16.7. The van der Waals surface area contributed by atoms with Crippen LogP contribution in [0.1, 0.15) is 31.4 Å². The predicted octanol–water partition coefficient (Wildman–Crippen LogP) is 3.32. The molecule has 1 aromatic carbocycles. The third kappa shape index (κ3) is 1.86.